The van der Waals surface area contributed by atoms with Crippen molar-refractivity contribution in [3.8, 4) is 10.7 Å². The Morgan fingerprint density at radius 2 is 2.14 bits per heavy atom. The van der Waals surface area contributed by atoms with Crippen molar-refractivity contribution in [2.75, 3.05) is 18.4 Å². The predicted octanol–water partition coefficient (Wildman–Crippen LogP) is 3.89. The average molecular weight is 536 g/mol. The van der Waals surface area contributed by atoms with Gasteiger partial charge in [-0.3, -0.25) is 9.78 Å². The molecule has 0 bridgehead atoms. The number of amides is 1. The molecule has 14 heteroatoms. The molecule has 1 aliphatic heterocycles. The van der Waals surface area contributed by atoms with Gasteiger partial charge in [0, 0.05) is 18.9 Å². The Bertz CT molecular complexity index is 1390. The summed E-state index contributed by atoms with van der Waals surface area (Å²) in [6.45, 7) is 0.700. The molecule has 0 aliphatic carbocycles. The Labute approximate surface area is 211 Å². The van der Waals surface area contributed by atoms with E-state index in [1.165, 1.54) is 18.6 Å². The van der Waals surface area contributed by atoms with E-state index in [9.17, 15) is 22.4 Å². The van der Waals surface area contributed by atoms with E-state index in [-0.39, 0.29) is 40.9 Å². The number of nitrogens with zero attached hydrogens (tertiary/aromatic N) is 4. The molecule has 4 aromatic rings. The minimum absolute atomic E-state index is 0.00852. The highest BCUT2D eigenvalue weighted by Crippen LogP contribution is 2.43. The van der Waals surface area contributed by atoms with Crippen LogP contribution < -0.4 is 16.0 Å². The van der Waals surface area contributed by atoms with E-state index >= 15 is 0 Å². The summed E-state index contributed by atoms with van der Waals surface area (Å²) in [6, 6.07) is 4.49. The minimum Gasteiger partial charge on any atom is -0.378 e. The molecule has 0 saturated carbocycles. The molecule has 194 valence electrons. The third kappa shape index (κ3) is 5.69. The van der Waals surface area contributed by atoms with Crippen molar-refractivity contribution in [2.45, 2.75) is 37.8 Å². The third-order valence-corrected chi connectivity index (χ3v) is 7.09. The lowest BCUT2D eigenvalue weighted by molar-refractivity contribution is -0.126. The van der Waals surface area contributed by atoms with Crippen LogP contribution in [0.1, 0.15) is 28.4 Å². The smallest absolute Gasteiger partial charge is 0.378 e. The highest BCUT2D eigenvalue weighted by Gasteiger charge is 2.33. The number of alkyl halides is 4. The summed E-state index contributed by atoms with van der Waals surface area (Å²) < 4.78 is 60.8. The third-order valence-electron chi connectivity index (χ3n) is 5.81. The molecule has 1 saturated heterocycles. The highest BCUT2D eigenvalue weighted by molar-refractivity contribution is 7.23. The number of piperidine rings is 1. The molecule has 1 aliphatic rings. The SMILES string of the molecule is O=C(NCc1nc(-c2sc3c(N[C@@H]4CCNC[C@@H]4F)cccc3c2CC(F)(F)F)no1)c1cnccn1. The molecule has 0 radical (unpaired) electrons. The molecule has 1 amide bonds. The number of rotatable bonds is 7. The monoisotopic (exact) mass is 535 g/mol. The van der Waals surface area contributed by atoms with E-state index in [0.29, 0.717) is 28.7 Å². The molecule has 3 N–H and O–H groups in total. The first kappa shape index (κ1) is 25.0. The van der Waals surface area contributed by atoms with Crippen molar-refractivity contribution in [3.63, 3.8) is 0 Å². The van der Waals surface area contributed by atoms with Gasteiger partial charge in [-0.25, -0.2) is 9.37 Å². The van der Waals surface area contributed by atoms with Gasteiger partial charge in [0.15, 0.2) is 0 Å². The normalized spacial score (nSPS) is 18.2. The Hall–Kier alpha value is -3.65. The summed E-state index contributed by atoms with van der Waals surface area (Å²) in [5.41, 5.74) is 0.643. The second-order valence-electron chi connectivity index (χ2n) is 8.43. The topological polar surface area (TPSA) is 118 Å². The van der Waals surface area contributed by atoms with Gasteiger partial charge in [0.05, 0.1) is 40.5 Å². The molecular formula is C23H21F4N7O2S. The summed E-state index contributed by atoms with van der Waals surface area (Å²) >= 11 is 1.08. The van der Waals surface area contributed by atoms with Crippen LogP contribution in [-0.4, -0.2) is 57.5 Å². The largest absolute Gasteiger partial charge is 0.393 e. The van der Waals surface area contributed by atoms with E-state index < -0.39 is 30.7 Å². The molecule has 1 fully saturated rings. The zero-order valence-electron chi connectivity index (χ0n) is 19.2. The number of benzene rings is 1. The number of hydrogen-bond donors (Lipinski definition) is 3. The maximum Gasteiger partial charge on any atom is 0.393 e. The zero-order valence-corrected chi connectivity index (χ0v) is 20.0. The zero-order chi connectivity index (χ0) is 26.0. The number of halogens is 4. The van der Waals surface area contributed by atoms with Crippen LogP contribution >= 0.6 is 11.3 Å². The van der Waals surface area contributed by atoms with Crippen molar-refractivity contribution in [3.05, 3.63) is 53.9 Å². The molecule has 0 spiro atoms. The van der Waals surface area contributed by atoms with E-state index in [1.807, 2.05) is 0 Å². The fraction of sp³-hybridized carbons (Fsp3) is 0.348. The van der Waals surface area contributed by atoms with Gasteiger partial charge in [0.1, 0.15) is 11.9 Å². The summed E-state index contributed by atoms with van der Waals surface area (Å²) in [5, 5.41) is 13.0. The second kappa shape index (κ2) is 10.4. The molecule has 9 nitrogen and oxygen atoms in total. The van der Waals surface area contributed by atoms with Gasteiger partial charge in [-0.1, -0.05) is 17.3 Å². The lowest BCUT2D eigenvalue weighted by atomic mass is 10.0. The van der Waals surface area contributed by atoms with E-state index in [1.54, 1.807) is 18.2 Å². The summed E-state index contributed by atoms with van der Waals surface area (Å²) in [5.74, 6) is -0.538. The summed E-state index contributed by atoms with van der Waals surface area (Å²) in [6.07, 6.45) is -2.19. The highest BCUT2D eigenvalue weighted by atomic mass is 32.1. The first-order valence-electron chi connectivity index (χ1n) is 11.4. The Morgan fingerprint density at radius 1 is 1.27 bits per heavy atom. The van der Waals surface area contributed by atoms with Gasteiger partial charge in [0.2, 0.25) is 11.7 Å². The fourth-order valence-electron chi connectivity index (χ4n) is 4.11. The number of nitrogens with one attached hydrogen (secondary N) is 3. The van der Waals surface area contributed by atoms with Gasteiger partial charge in [0.25, 0.3) is 5.91 Å². The molecule has 0 unspecified atom stereocenters. The van der Waals surface area contributed by atoms with E-state index in [2.05, 4.69) is 36.1 Å². The predicted molar refractivity (Wildman–Crippen MR) is 128 cm³/mol. The number of carbonyl (C=O) groups is 1. The van der Waals surface area contributed by atoms with Crippen LogP contribution in [0.5, 0.6) is 0 Å². The van der Waals surface area contributed by atoms with E-state index in [0.717, 1.165) is 11.3 Å². The van der Waals surface area contributed by atoms with Crippen molar-refractivity contribution in [2.24, 2.45) is 0 Å². The molecule has 37 heavy (non-hydrogen) atoms. The first-order valence-corrected chi connectivity index (χ1v) is 12.2. The van der Waals surface area contributed by atoms with Crippen LogP contribution in [0.25, 0.3) is 20.8 Å². The van der Waals surface area contributed by atoms with Crippen LogP contribution in [0.15, 0.2) is 41.3 Å². The van der Waals surface area contributed by atoms with Crippen molar-refractivity contribution in [1.82, 2.24) is 30.7 Å². The van der Waals surface area contributed by atoms with Crippen LogP contribution in [0.3, 0.4) is 0 Å². The van der Waals surface area contributed by atoms with Crippen LogP contribution in [0, 0.1) is 0 Å². The number of anilines is 1. The number of aromatic nitrogens is 4. The molecule has 4 heterocycles. The fourth-order valence-corrected chi connectivity index (χ4v) is 5.33. The van der Waals surface area contributed by atoms with Gasteiger partial charge in [-0.15, -0.1) is 11.3 Å². The Balaban J connectivity index is 1.44. The number of carbonyl (C=O) groups excluding carboxylic acids is 1. The standard InChI is InChI=1S/C23H21F4N7O2S/c24-14-9-28-5-4-15(14)32-16-3-1-2-12-13(8-23(25,26)27)20(37-19(12)16)21-33-18(36-34-21)11-31-22(35)17-10-29-6-7-30-17/h1-3,6-7,10,14-15,28,32H,4-5,8-9,11H2,(H,31,35)/t14-,15+/m0/s1. The first-order chi connectivity index (χ1) is 17.8. The molecule has 5 rings (SSSR count). The summed E-state index contributed by atoms with van der Waals surface area (Å²) in [4.78, 5) is 24.3. The van der Waals surface area contributed by atoms with Gasteiger partial charge in [-0.05, 0) is 30.0 Å². The van der Waals surface area contributed by atoms with Gasteiger partial charge < -0.3 is 20.5 Å². The van der Waals surface area contributed by atoms with Crippen molar-refractivity contribution >= 4 is 33.0 Å². The Morgan fingerprint density at radius 3 is 2.89 bits per heavy atom. The second-order valence-corrected chi connectivity index (χ2v) is 9.45. The number of hydrogen-bond acceptors (Lipinski definition) is 9. The number of fused-ring (bicyclic) bond motifs is 1. The van der Waals surface area contributed by atoms with Crippen LogP contribution in [-0.2, 0) is 13.0 Å². The van der Waals surface area contributed by atoms with E-state index in [4.69, 9.17) is 4.52 Å². The quantitative estimate of drug-likeness (QED) is 0.305. The molecule has 2 atom stereocenters. The molecule has 3 aromatic heterocycles. The minimum atomic E-state index is -4.48. The maximum atomic E-state index is 14.4. The van der Waals surface area contributed by atoms with Crippen molar-refractivity contribution in [1.29, 1.82) is 0 Å². The maximum absolute atomic E-state index is 14.4. The lowest BCUT2D eigenvalue weighted by Crippen LogP contribution is -2.45. The number of thiophene rings is 1. The Kier molecular flexibility index (Phi) is 7.02. The van der Waals surface area contributed by atoms with Crippen molar-refractivity contribution < 1.29 is 26.9 Å². The van der Waals surface area contributed by atoms with Gasteiger partial charge in [-0.2, -0.15) is 18.2 Å². The van der Waals surface area contributed by atoms with Gasteiger partial charge >= 0.3 is 6.18 Å². The average Bonchev–Trinajstić information content (AvgIpc) is 3.49. The molecular weight excluding hydrogens is 514 g/mol. The van der Waals surface area contributed by atoms with Crippen LogP contribution in [0.4, 0.5) is 23.2 Å². The van der Waals surface area contributed by atoms with Crippen LogP contribution in [0.2, 0.25) is 0 Å². The molecule has 1 aromatic carbocycles. The lowest BCUT2D eigenvalue weighted by Gasteiger charge is -2.28. The summed E-state index contributed by atoms with van der Waals surface area (Å²) in [7, 11) is 0.